The minimum absolute atomic E-state index is 0.428. The van der Waals surface area contributed by atoms with E-state index in [9.17, 15) is 0 Å². The van der Waals surface area contributed by atoms with Gasteiger partial charge in [-0.15, -0.1) is 11.3 Å². The van der Waals surface area contributed by atoms with Gasteiger partial charge in [-0.3, -0.25) is 4.90 Å². The number of benzene rings is 2. The maximum absolute atomic E-state index is 4.48. The molecule has 0 aliphatic carbocycles. The van der Waals surface area contributed by atoms with Crippen molar-refractivity contribution in [2.75, 3.05) is 20.1 Å². The fourth-order valence-corrected chi connectivity index (χ4v) is 4.50. The van der Waals surface area contributed by atoms with E-state index in [-0.39, 0.29) is 0 Å². The summed E-state index contributed by atoms with van der Waals surface area (Å²) in [6, 6.07) is 14.2. The van der Waals surface area contributed by atoms with Gasteiger partial charge >= 0.3 is 0 Å². The van der Waals surface area contributed by atoms with Crippen LogP contribution in [0.4, 0.5) is 0 Å². The third-order valence-corrected chi connectivity index (χ3v) is 6.18. The predicted octanol–water partition coefficient (Wildman–Crippen LogP) is 4.18. The Labute approximate surface area is 153 Å². The highest BCUT2D eigenvalue weighted by Gasteiger charge is 2.20. The van der Waals surface area contributed by atoms with E-state index in [1.165, 1.54) is 27.0 Å². The maximum Gasteiger partial charge on any atom is 0.0815 e. The van der Waals surface area contributed by atoms with Crippen LogP contribution < -0.4 is 5.32 Å². The molecule has 2 aromatic carbocycles. The predicted molar refractivity (Wildman–Crippen MR) is 106 cm³/mol. The summed E-state index contributed by atoms with van der Waals surface area (Å²) in [7, 11) is 2.01. The first-order chi connectivity index (χ1) is 12.2. The van der Waals surface area contributed by atoms with Gasteiger partial charge in [0.2, 0.25) is 0 Å². The van der Waals surface area contributed by atoms with E-state index in [1.54, 1.807) is 11.3 Å². The third-order valence-electron chi connectivity index (χ3n) is 5.37. The smallest absolute Gasteiger partial charge is 0.0815 e. The molecule has 3 aromatic rings. The van der Waals surface area contributed by atoms with Crippen LogP contribution in [0.2, 0.25) is 0 Å². The molecule has 1 aliphatic rings. The Hall–Kier alpha value is -1.75. The molecule has 2 heterocycles. The van der Waals surface area contributed by atoms with Crippen molar-refractivity contribution in [1.82, 2.24) is 15.2 Å². The number of aromatic nitrogens is 1. The highest BCUT2D eigenvalue weighted by molar-refractivity contribution is 7.16. The summed E-state index contributed by atoms with van der Waals surface area (Å²) in [6.07, 6.45) is 2.27. The molecule has 1 atom stereocenters. The fourth-order valence-electron chi connectivity index (χ4n) is 3.84. The second-order valence-electron chi connectivity index (χ2n) is 6.92. The molecule has 0 spiro atoms. The van der Waals surface area contributed by atoms with Crippen molar-refractivity contribution < 1.29 is 0 Å². The lowest BCUT2D eigenvalue weighted by molar-refractivity contribution is 0.221. The standard InChI is InChI=1S/C21H25N3S/c1-15(18-5-6-21-20(12-18)23-14-25-21)24-9-7-17-4-3-16(13-22-2)11-19(17)8-10-24/h3-6,11-12,14-15,22H,7-10,13H2,1-2H3. The van der Waals surface area contributed by atoms with Gasteiger partial charge in [0.1, 0.15) is 0 Å². The zero-order chi connectivity index (χ0) is 17.2. The molecule has 1 unspecified atom stereocenters. The molecule has 0 saturated carbocycles. The van der Waals surface area contributed by atoms with Crippen LogP contribution in [0.25, 0.3) is 10.2 Å². The number of hydrogen-bond acceptors (Lipinski definition) is 4. The Bertz CT molecular complexity index is 870. The van der Waals surface area contributed by atoms with Crippen molar-refractivity contribution in [3.63, 3.8) is 0 Å². The van der Waals surface area contributed by atoms with Gasteiger partial charge in [-0.1, -0.05) is 24.3 Å². The maximum atomic E-state index is 4.48. The van der Waals surface area contributed by atoms with Gasteiger partial charge in [0.05, 0.1) is 15.7 Å². The highest BCUT2D eigenvalue weighted by Crippen LogP contribution is 2.28. The molecule has 1 aliphatic heterocycles. The van der Waals surface area contributed by atoms with Gasteiger partial charge in [-0.2, -0.15) is 0 Å². The Balaban J connectivity index is 1.52. The number of nitrogens with one attached hydrogen (secondary N) is 1. The van der Waals surface area contributed by atoms with E-state index in [0.29, 0.717) is 6.04 Å². The molecule has 130 valence electrons. The molecule has 1 N–H and O–H groups in total. The van der Waals surface area contributed by atoms with E-state index >= 15 is 0 Å². The van der Waals surface area contributed by atoms with Crippen molar-refractivity contribution in [3.8, 4) is 0 Å². The first-order valence-corrected chi connectivity index (χ1v) is 9.95. The normalized spacial score (nSPS) is 16.6. The van der Waals surface area contributed by atoms with Crippen LogP contribution in [0.15, 0.2) is 41.9 Å². The molecule has 4 rings (SSSR count). The Morgan fingerprint density at radius 3 is 2.80 bits per heavy atom. The molecule has 0 saturated heterocycles. The molecule has 3 nitrogen and oxygen atoms in total. The lowest BCUT2D eigenvalue weighted by Gasteiger charge is -2.28. The molecule has 0 amide bonds. The molecule has 0 bridgehead atoms. The second-order valence-corrected chi connectivity index (χ2v) is 7.81. The summed E-state index contributed by atoms with van der Waals surface area (Å²) in [5, 5.41) is 3.25. The van der Waals surface area contributed by atoms with Crippen molar-refractivity contribution >= 4 is 21.6 Å². The van der Waals surface area contributed by atoms with E-state index in [1.807, 2.05) is 12.6 Å². The van der Waals surface area contributed by atoms with Crippen molar-refractivity contribution in [3.05, 3.63) is 64.2 Å². The summed E-state index contributed by atoms with van der Waals surface area (Å²) in [5.74, 6) is 0. The Morgan fingerprint density at radius 2 is 1.96 bits per heavy atom. The van der Waals surface area contributed by atoms with Crippen LogP contribution in [0.5, 0.6) is 0 Å². The lowest BCUT2D eigenvalue weighted by atomic mass is 10.00. The quantitative estimate of drug-likeness (QED) is 0.764. The van der Waals surface area contributed by atoms with Crippen molar-refractivity contribution in [1.29, 1.82) is 0 Å². The molecular formula is C21H25N3S. The minimum atomic E-state index is 0.428. The molecular weight excluding hydrogens is 326 g/mol. The SMILES string of the molecule is CNCc1ccc2c(c1)CCN(C(C)c1ccc3scnc3c1)CC2. The average molecular weight is 352 g/mol. The van der Waals surface area contributed by atoms with Crippen molar-refractivity contribution in [2.45, 2.75) is 32.4 Å². The van der Waals surface area contributed by atoms with Crippen LogP contribution in [-0.4, -0.2) is 30.0 Å². The zero-order valence-corrected chi connectivity index (χ0v) is 15.8. The van der Waals surface area contributed by atoms with Gasteiger partial charge in [-0.05, 0) is 61.2 Å². The first kappa shape index (κ1) is 16.7. The number of fused-ring (bicyclic) bond motifs is 2. The van der Waals surface area contributed by atoms with Gasteiger partial charge in [0.15, 0.2) is 0 Å². The summed E-state index contributed by atoms with van der Waals surface area (Å²) in [6.45, 7) is 5.51. The zero-order valence-electron chi connectivity index (χ0n) is 15.0. The van der Waals surface area contributed by atoms with Crippen LogP contribution in [-0.2, 0) is 19.4 Å². The largest absolute Gasteiger partial charge is 0.316 e. The molecule has 25 heavy (non-hydrogen) atoms. The van der Waals surface area contributed by atoms with Crippen LogP contribution in [0.1, 0.15) is 35.2 Å². The van der Waals surface area contributed by atoms with E-state index in [0.717, 1.165) is 38.0 Å². The lowest BCUT2D eigenvalue weighted by Crippen LogP contribution is -2.29. The van der Waals surface area contributed by atoms with Gasteiger partial charge < -0.3 is 5.32 Å². The van der Waals surface area contributed by atoms with Crippen LogP contribution >= 0.6 is 11.3 Å². The van der Waals surface area contributed by atoms with Gasteiger partial charge in [0, 0.05) is 25.7 Å². The summed E-state index contributed by atoms with van der Waals surface area (Å²) < 4.78 is 1.27. The van der Waals surface area contributed by atoms with Gasteiger partial charge in [0.25, 0.3) is 0 Å². The van der Waals surface area contributed by atoms with E-state index in [4.69, 9.17) is 0 Å². The number of nitrogens with zero attached hydrogens (tertiary/aromatic N) is 2. The number of thiazole rings is 1. The molecule has 0 fully saturated rings. The number of rotatable bonds is 4. The first-order valence-electron chi connectivity index (χ1n) is 9.07. The third kappa shape index (κ3) is 3.47. The fraction of sp³-hybridized carbons (Fsp3) is 0.381. The summed E-state index contributed by atoms with van der Waals surface area (Å²) in [5.41, 5.74) is 8.87. The Kier molecular flexibility index (Phi) is 4.84. The summed E-state index contributed by atoms with van der Waals surface area (Å²) in [4.78, 5) is 7.10. The second kappa shape index (κ2) is 7.24. The van der Waals surface area contributed by atoms with Crippen LogP contribution in [0, 0.1) is 0 Å². The summed E-state index contributed by atoms with van der Waals surface area (Å²) >= 11 is 1.71. The molecule has 4 heteroatoms. The van der Waals surface area contributed by atoms with E-state index < -0.39 is 0 Å². The molecule has 0 radical (unpaired) electrons. The topological polar surface area (TPSA) is 28.2 Å². The Morgan fingerprint density at radius 1 is 1.12 bits per heavy atom. The molecule has 1 aromatic heterocycles. The average Bonchev–Trinajstić information content (AvgIpc) is 3.00. The van der Waals surface area contributed by atoms with Gasteiger partial charge in [-0.25, -0.2) is 4.98 Å². The number of hydrogen-bond donors (Lipinski definition) is 1. The monoisotopic (exact) mass is 351 g/mol. The van der Waals surface area contributed by atoms with Crippen LogP contribution in [0.3, 0.4) is 0 Å². The van der Waals surface area contributed by atoms with Crippen molar-refractivity contribution in [2.24, 2.45) is 0 Å². The minimum Gasteiger partial charge on any atom is -0.316 e. The highest BCUT2D eigenvalue weighted by atomic mass is 32.1. The van der Waals surface area contributed by atoms with E-state index in [2.05, 4.69) is 58.5 Å².